The van der Waals surface area contributed by atoms with Gasteiger partial charge in [0.15, 0.2) is 0 Å². The highest BCUT2D eigenvalue weighted by Gasteiger charge is 2.12. The zero-order valence-electron chi connectivity index (χ0n) is 10.8. The molecular weight excluding hydrogens is 289 g/mol. The first-order valence-electron chi connectivity index (χ1n) is 6.19. The third-order valence-corrected chi connectivity index (χ3v) is 4.07. The molecule has 1 aromatic heterocycles. The third-order valence-electron chi connectivity index (χ3n) is 3.02. The van der Waals surface area contributed by atoms with Crippen LogP contribution in [0.5, 0.6) is 0 Å². The van der Waals surface area contributed by atoms with Crippen LogP contribution in [0, 0.1) is 5.82 Å². The van der Waals surface area contributed by atoms with Crippen molar-refractivity contribution in [2.24, 2.45) is 0 Å². The Bertz CT molecular complexity index is 830. The van der Waals surface area contributed by atoms with Gasteiger partial charge in [0, 0.05) is 11.6 Å². The van der Waals surface area contributed by atoms with Gasteiger partial charge in [-0.2, -0.15) is 0 Å². The number of aromatic carboxylic acids is 1. The summed E-state index contributed by atoms with van der Waals surface area (Å²) in [5.74, 6) is -1.54. The van der Waals surface area contributed by atoms with Gasteiger partial charge in [-0.3, -0.25) is 0 Å². The maximum atomic E-state index is 13.9. The van der Waals surface area contributed by atoms with Crippen LogP contribution >= 0.6 is 11.8 Å². The first-order chi connectivity index (χ1) is 10.1. The zero-order chi connectivity index (χ0) is 14.8. The number of carboxylic acid groups (broad SMARTS) is 1. The van der Waals surface area contributed by atoms with Crippen LogP contribution in [0.25, 0.3) is 10.8 Å². The molecule has 0 bridgehead atoms. The molecule has 5 heteroatoms. The average Bonchev–Trinajstić information content (AvgIpc) is 2.49. The van der Waals surface area contributed by atoms with Gasteiger partial charge in [-0.15, -0.1) is 0 Å². The summed E-state index contributed by atoms with van der Waals surface area (Å²) in [6, 6.07) is 13.3. The molecule has 0 spiro atoms. The first-order valence-corrected chi connectivity index (χ1v) is 7.01. The van der Waals surface area contributed by atoms with Crippen molar-refractivity contribution in [3.8, 4) is 0 Å². The smallest absolute Gasteiger partial charge is 0.335 e. The molecule has 3 aromatic rings. The van der Waals surface area contributed by atoms with E-state index in [0.717, 1.165) is 28.6 Å². The van der Waals surface area contributed by atoms with Gasteiger partial charge in [0.2, 0.25) is 0 Å². The number of pyridine rings is 1. The van der Waals surface area contributed by atoms with E-state index in [0.29, 0.717) is 5.03 Å². The predicted molar refractivity (Wildman–Crippen MR) is 79.2 cm³/mol. The van der Waals surface area contributed by atoms with Crippen molar-refractivity contribution < 1.29 is 14.3 Å². The molecule has 0 fully saturated rings. The van der Waals surface area contributed by atoms with E-state index in [1.807, 2.05) is 30.3 Å². The molecule has 104 valence electrons. The number of rotatable bonds is 3. The van der Waals surface area contributed by atoms with E-state index in [9.17, 15) is 9.18 Å². The number of hydrogen-bond donors (Lipinski definition) is 1. The number of benzene rings is 2. The van der Waals surface area contributed by atoms with Crippen molar-refractivity contribution in [2.45, 2.75) is 9.92 Å². The number of halogens is 1. The minimum atomic E-state index is -1.08. The predicted octanol–water partition coefficient (Wildman–Crippen LogP) is 4.22. The van der Waals surface area contributed by atoms with E-state index < -0.39 is 11.8 Å². The summed E-state index contributed by atoms with van der Waals surface area (Å²) in [5.41, 5.74) is 0.0548. The van der Waals surface area contributed by atoms with Crippen molar-refractivity contribution >= 4 is 28.5 Å². The molecule has 3 rings (SSSR count). The summed E-state index contributed by atoms with van der Waals surface area (Å²) >= 11 is 1.13. The van der Waals surface area contributed by atoms with Crippen LogP contribution < -0.4 is 0 Å². The molecule has 1 heterocycles. The van der Waals surface area contributed by atoms with Gasteiger partial charge in [0.05, 0.1) is 10.5 Å². The molecule has 21 heavy (non-hydrogen) atoms. The van der Waals surface area contributed by atoms with Crippen molar-refractivity contribution in [3.63, 3.8) is 0 Å². The second-order valence-corrected chi connectivity index (χ2v) is 5.42. The Morgan fingerprint density at radius 3 is 2.76 bits per heavy atom. The van der Waals surface area contributed by atoms with Crippen LogP contribution in [0.4, 0.5) is 4.39 Å². The molecule has 0 atom stereocenters. The summed E-state index contributed by atoms with van der Waals surface area (Å²) in [5, 5.41) is 11.6. The fourth-order valence-corrected chi connectivity index (χ4v) is 2.96. The second-order valence-electron chi connectivity index (χ2n) is 4.39. The van der Waals surface area contributed by atoms with E-state index in [1.54, 1.807) is 6.20 Å². The Hall–Kier alpha value is -2.40. The summed E-state index contributed by atoms with van der Waals surface area (Å²) in [7, 11) is 0. The number of carboxylic acids is 1. The number of hydrogen-bond acceptors (Lipinski definition) is 3. The number of carbonyl (C=O) groups is 1. The van der Waals surface area contributed by atoms with Gasteiger partial charge in [0.1, 0.15) is 10.8 Å². The van der Waals surface area contributed by atoms with Gasteiger partial charge in [0.25, 0.3) is 0 Å². The lowest BCUT2D eigenvalue weighted by Gasteiger charge is -2.07. The first kappa shape index (κ1) is 13.6. The zero-order valence-corrected chi connectivity index (χ0v) is 11.6. The third kappa shape index (κ3) is 2.73. The number of aromatic nitrogens is 1. The van der Waals surface area contributed by atoms with E-state index >= 15 is 0 Å². The number of fused-ring (bicyclic) bond motifs is 1. The maximum Gasteiger partial charge on any atom is 0.335 e. The van der Waals surface area contributed by atoms with Crippen molar-refractivity contribution in [1.29, 1.82) is 0 Å². The molecule has 0 aliphatic carbocycles. The Balaban J connectivity index is 2.06. The summed E-state index contributed by atoms with van der Waals surface area (Å²) in [4.78, 5) is 15.5. The minimum Gasteiger partial charge on any atom is -0.478 e. The molecule has 0 aliphatic heterocycles. The molecular formula is C16H10FNO2S. The molecule has 0 saturated carbocycles. The van der Waals surface area contributed by atoms with Gasteiger partial charge < -0.3 is 5.11 Å². The van der Waals surface area contributed by atoms with Crippen molar-refractivity contribution in [2.75, 3.05) is 0 Å². The van der Waals surface area contributed by atoms with Crippen molar-refractivity contribution in [3.05, 3.63) is 66.1 Å². The largest absolute Gasteiger partial charge is 0.478 e. The van der Waals surface area contributed by atoms with Gasteiger partial charge in [-0.1, -0.05) is 36.0 Å². The van der Waals surface area contributed by atoms with Crippen LogP contribution in [0.2, 0.25) is 0 Å². The van der Waals surface area contributed by atoms with E-state index in [1.165, 1.54) is 12.1 Å². The van der Waals surface area contributed by atoms with E-state index in [-0.39, 0.29) is 10.5 Å². The minimum absolute atomic E-state index is 0.0548. The summed E-state index contributed by atoms with van der Waals surface area (Å²) in [6.45, 7) is 0. The van der Waals surface area contributed by atoms with Crippen LogP contribution in [-0.2, 0) is 0 Å². The fraction of sp³-hybridized carbons (Fsp3) is 0. The maximum absolute atomic E-state index is 13.9. The Kier molecular flexibility index (Phi) is 3.58. The lowest BCUT2D eigenvalue weighted by Crippen LogP contribution is -1.97. The van der Waals surface area contributed by atoms with Crippen LogP contribution in [0.15, 0.2) is 64.6 Å². The summed E-state index contributed by atoms with van der Waals surface area (Å²) in [6.07, 6.45) is 1.66. The molecule has 0 amide bonds. The topological polar surface area (TPSA) is 50.2 Å². The molecule has 0 saturated heterocycles. The normalized spacial score (nSPS) is 10.7. The highest BCUT2D eigenvalue weighted by molar-refractivity contribution is 7.99. The average molecular weight is 299 g/mol. The molecule has 1 N–H and O–H groups in total. The Labute approximate surface area is 124 Å². The van der Waals surface area contributed by atoms with Gasteiger partial charge in [-0.05, 0) is 29.7 Å². The second kappa shape index (κ2) is 5.54. The molecule has 2 aromatic carbocycles. The Morgan fingerprint density at radius 1 is 1.14 bits per heavy atom. The quantitative estimate of drug-likeness (QED) is 0.786. The van der Waals surface area contributed by atoms with Gasteiger partial charge >= 0.3 is 5.97 Å². The summed E-state index contributed by atoms with van der Waals surface area (Å²) < 4.78 is 13.9. The highest BCUT2D eigenvalue weighted by Crippen LogP contribution is 2.33. The molecule has 0 unspecified atom stereocenters. The standard InChI is InChI=1S/C16H10FNO2S/c17-13-6-5-11(16(19)20)9-14(13)21-15-12-4-2-1-3-10(12)7-8-18-15/h1-9H,(H,19,20). The molecule has 3 nitrogen and oxygen atoms in total. The molecule has 0 aliphatic rings. The van der Waals surface area contributed by atoms with Crippen molar-refractivity contribution in [1.82, 2.24) is 4.98 Å². The number of nitrogens with zero attached hydrogens (tertiary/aromatic N) is 1. The SMILES string of the molecule is O=C(O)c1ccc(F)c(Sc2nccc3ccccc23)c1. The lowest BCUT2D eigenvalue weighted by molar-refractivity contribution is 0.0696. The monoisotopic (exact) mass is 299 g/mol. The van der Waals surface area contributed by atoms with E-state index in [2.05, 4.69) is 4.98 Å². The lowest BCUT2D eigenvalue weighted by atomic mass is 10.2. The Morgan fingerprint density at radius 2 is 1.95 bits per heavy atom. The fourth-order valence-electron chi connectivity index (χ4n) is 1.99. The molecule has 0 radical (unpaired) electrons. The van der Waals surface area contributed by atoms with E-state index in [4.69, 9.17) is 5.11 Å². The van der Waals surface area contributed by atoms with Gasteiger partial charge in [-0.25, -0.2) is 14.2 Å². The van der Waals surface area contributed by atoms with Crippen LogP contribution in [0.3, 0.4) is 0 Å². The highest BCUT2D eigenvalue weighted by atomic mass is 32.2. The van der Waals surface area contributed by atoms with Crippen LogP contribution in [0.1, 0.15) is 10.4 Å². The van der Waals surface area contributed by atoms with Crippen LogP contribution in [-0.4, -0.2) is 16.1 Å².